The van der Waals surface area contributed by atoms with Crippen LogP contribution in [-0.2, 0) is 13.0 Å². The van der Waals surface area contributed by atoms with Crippen molar-refractivity contribution in [2.24, 2.45) is 5.73 Å². The van der Waals surface area contributed by atoms with Crippen LogP contribution in [0, 0.1) is 0 Å². The van der Waals surface area contributed by atoms with Crippen LogP contribution in [0.2, 0.25) is 0 Å². The van der Waals surface area contributed by atoms with Crippen molar-refractivity contribution in [3.8, 4) is 17.2 Å². The highest BCUT2D eigenvalue weighted by Crippen LogP contribution is 2.27. The van der Waals surface area contributed by atoms with E-state index in [0.29, 0.717) is 13.2 Å². The number of para-hydroxylation sites is 1. The number of benzene rings is 2. The number of nitrogens with two attached hydrogens (primary N) is 1. The van der Waals surface area contributed by atoms with E-state index in [4.69, 9.17) is 19.9 Å². The predicted octanol–water partition coefficient (Wildman–Crippen LogP) is 2.78. The average Bonchev–Trinajstić information content (AvgIpc) is 2.54. The van der Waals surface area contributed by atoms with Crippen molar-refractivity contribution in [2.75, 3.05) is 20.8 Å². The highest BCUT2D eigenvalue weighted by molar-refractivity contribution is 5.41. The van der Waals surface area contributed by atoms with E-state index >= 15 is 0 Å². The van der Waals surface area contributed by atoms with Gasteiger partial charge in [-0.05, 0) is 30.7 Å². The number of hydrogen-bond acceptors (Lipinski definition) is 4. The van der Waals surface area contributed by atoms with Crippen molar-refractivity contribution in [1.29, 1.82) is 0 Å². The van der Waals surface area contributed by atoms with Gasteiger partial charge in [0.15, 0.2) is 0 Å². The second-order valence-electron chi connectivity index (χ2n) is 4.61. The van der Waals surface area contributed by atoms with Gasteiger partial charge in [-0.2, -0.15) is 0 Å². The zero-order valence-corrected chi connectivity index (χ0v) is 12.5. The number of hydrogen-bond donors (Lipinski definition) is 1. The first-order valence-electron chi connectivity index (χ1n) is 6.90. The minimum absolute atomic E-state index is 0.439. The summed E-state index contributed by atoms with van der Waals surface area (Å²) >= 11 is 0. The SMILES string of the molecule is COc1ccc(CCN)c(OCc2ccccc2OC)c1. The van der Waals surface area contributed by atoms with Crippen molar-refractivity contribution >= 4 is 0 Å². The lowest BCUT2D eigenvalue weighted by Gasteiger charge is -2.14. The van der Waals surface area contributed by atoms with E-state index < -0.39 is 0 Å². The van der Waals surface area contributed by atoms with Gasteiger partial charge in [-0.3, -0.25) is 0 Å². The van der Waals surface area contributed by atoms with E-state index in [9.17, 15) is 0 Å². The molecule has 4 nitrogen and oxygen atoms in total. The molecule has 0 bridgehead atoms. The molecule has 4 heteroatoms. The third-order valence-corrected chi connectivity index (χ3v) is 3.26. The van der Waals surface area contributed by atoms with Crippen LogP contribution in [0.15, 0.2) is 42.5 Å². The molecule has 0 unspecified atom stereocenters. The number of rotatable bonds is 7. The van der Waals surface area contributed by atoms with Crippen LogP contribution in [0.4, 0.5) is 0 Å². The molecule has 0 saturated carbocycles. The van der Waals surface area contributed by atoms with Gasteiger partial charge in [0.1, 0.15) is 23.9 Å². The summed E-state index contributed by atoms with van der Waals surface area (Å²) in [5.41, 5.74) is 7.72. The Morgan fingerprint density at radius 1 is 0.905 bits per heavy atom. The van der Waals surface area contributed by atoms with Gasteiger partial charge in [0.25, 0.3) is 0 Å². The molecule has 0 spiro atoms. The van der Waals surface area contributed by atoms with Crippen LogP contribution in [0.1, 0.15) is 11.1 Å². The molecule has 0 aliphatic rings. The fourth-order valence-electron chi connectivity index (χ4n) is 2.14. The third-order valence-electron chi connectivity index (χ3n) is 3.26. The minimum Gasteiger partial charge on any atom is -0.497 e. The van der Waals surface area contributed by atoms with Crippen LogP contribution in [-0.4, -0.2) is 20.8 Å². The Hall–Kier alpha value is -2.20. The molecule has 0 heterocycles. The lowest BCUT2D eigenvalue weighted by atomic mass is 10.1. The maximum absolute atomic E-state index is 5.95. The van der Waals surface area contributed by atoms with Crippen LogP contribution >= 0.6 is 0 Å². The van der Waals surface area contributed by atoms with E-state index in [0.717, 1.165) is 34.8 Å². The summed E-state index contributed by atoms with van der Waals surface area (Å²) in [4.78, 5) is 0. The zero-order chi connectivity index (χ0) is 15.1. The van der Waals surface area contributed by atoms with Crippen molar-refractivity contribution in [1.82, 2.24) is 0 Å². The third kappa shape index (κ3) is 3.89. The van der Waals surface area contributed by atoms with Crippen molar-refractivity contribution in [3.05, 3.63) is 53.6 Å². The molecule has 0 atom stereocenters. The summed E-state index contributed by atoms with van der Waals surface area (Å²) in [6.45, 7) is 1.02. The largest absolute Gasteiger partial charge is 0.497 e. The highest BCUT2D eigenvalue weighted by Gasteiger charge is 2.08. The molecule has 21 heavy (non-hydrogen) atoms. The van der Waals surface area contributed by atoms with Gasteiger partial charge in [0.2, 0.25) is 0 Å². The smallest absolute Gasteiger partial charge is 0.126 e. The lowest BCUT2D eigenvalue weighted by molar-refractivity contribution is 0.291. The fraction of sp³-hybridized carbons (Fsp3) is 0.294. The van der Waals surface area contributed by atoms with Gasteiger partial charge < -0.3 is 19.9 Å². The standard InChI is InChI=1S/C17H21NO3/c1-19-15-8-7-13(9-10-18)17(11-15)21-12-14-5-3-4-6-16(14)20-2/h3-8,11H,9-10,12,18H2,1-2H3. The summed E-state index contributed by atoms with van der Waals surface area (Å²) in [6.07, 6.45) is 0.769. The predicted molar refractivity (Wildman–Crippen MR) is 83.1 cm³/mol. The first-order valence-corrected chi connectivity index (χ1v) is 6.90. The Balaban J connectivity index is 2.18. The molecule has 0 aliphatic carbocycles. The first-order chi connectivity index (χ1) is 10.3. The minimum atomic E-state index is 0.439. The number of ether oxygens (including phenoxy) is 3. The van der Waals surface area contributed by atoms with Gasteiger partial charge in [0.05, 0.1) is 14.2 Å². The summed E-state index contributed by atoms with van der Waals surface area (Å²) < 4.78 is 16.5. The molecule has 0 aromatic heterocycles. The Morgan fingerprint density at radius 2 is 1.71 bits per heavy atom. The molecule has 2 aromatic carbocycles. The van der Waals surface area contributed by atoms with Gasteiger partial charge in [0, 0.05) is 11.6 Å². The monoisotopic (exact) mass is 287 g/mol. The zero-order valence-electron chi connectivity index (χ0n) is 12.5. The Morgan fingerprint density at radius 3 is 2.43 bits per heavy atom. The molecular formula is C17H21NO3. The molecule has 0 radical (unpaired) electrons. The van der Waals surface area contributed by atoms with Crippen LogP contribution in [0.3, 0.4) is 0 Å². The summed E-state index contributed by atoms with van der Waals surface area (Å²) in [6, 6.07) is 13.6. The average molecular weight is 287 g/mol. The quantitative estimate of drug-likeness (QED) is 0.851. The van der Waals surface area contributed by atoms with Crippen LogP contribution in [0.5, 0.6) is 17.2 Å². The van der Waals surface area contributed by atoms with Gasteiger partial charge in [-0.15, -0.1) is 0 Å². The summed E-state index contributed by atoms with van der Waals surface area (Å²) in [7, 11) is 3.30. The molecule has 0 aliphatic heterocycles. The topological polar surface area (TPSA) is 53.7 Å². The van der Waals surface area contributed by atoms with E-state index in [2.05, 4.69) is 0 Å². The molecule has 112 valence electrons. The molecule has 2 N–H and O–H groups in total. The first kappa shape index (κ1) is 15.2. The molecule has 2 aromatic rings. The number of methoxy groups -OCH3 is 2. The van der Waals surface area contributed by atoms with Crippen LogP contribution in [0.25, 0.3) is 0 Å². The van der Waals surface area contributed by atoms with Crippen molar-refractivity contribution in [3.63, 3.8) is 0 Å². The Kier molecular flexibility index (Phi) is 5.46. The van der Waals surface area contributed by atoms with E-state index in [1.54, 1.807) is 14.2 Å². The van der Waals surface area contributed by atoms with Gasteiger partial charge >= 0.3 is 0 Å². The van der Waals surface area contributed by atoms with E-state index in [1.807, 2.05) is 42.5 Å². The fourth-order valence-corrected chi connectivity index (χ4v) is 2.14. The molecule has 0 fully saturated rings. The van der Waals surface area contributed by atoms with E-state index in [-0.39, 0.29) is 0 Å². The Labute approximate surface area is 125 Å². The van der Waals surface area contributed by atoms with Gasteiger partial charge in [-0.1, -0.05) is 24.3 Å². The lowest BCUT2D eigenvalue weighted by Crippen LogP contribution is -2.06. The Bertz CT molecular complexity index is 584. The van der Waals surface area contributed by atoms with Gasteiger partial charge in [-0.25, -0.2) is 0 Å². The van der Waals surface area contributed by atoms with Crippen molar-refractivity contribution in [2.45, 2.75) is 13.0 Å². The highest BCUT2D eigenvalue weighted by atomic mass is 16.5. The second-order valence-corrected chi connectivity index (χ2v) is 4.61. The molecular weight excluding hydrogens is 266 g/mol. The summed E-state index contributed by atoms with van der Waals surface area (Å²) in [5.74, 6) is 2.39. The maximum atomic E-state index is 5.95. The second kappa shape index (κ2) is 7.55. The molecule has 2 rings (SSSR count). The van der Waals surface area contributed by atoms with Crippen molar-refractivity contribution < 1.29 is 14.2 Å². The summed E-state index contributed by atoms with van der Waals surface area (Å²) in [5, 5.41) is 0. The molecule has 0 saturated heterocycles. The van der Waals surface area contributed by atoms with Crippen LogP contribution < -0.4 is 19.9 Å². The molecule has 0 amide bonds. The maximum Gasteiger partial charge on any atom is 0.126 e. The van der Waals surface area contributed by atoms with E-state index in [1.165, 1.54) is 0 Å². The normalized spacial score (nSPS) is 10.2.